The molecule has 1 heterocycles. The summed E-state index contributed by atoms with van der Waals surface area (Å²) in [6.07, 6.45) is 0. The molecule has 0 amide bonds. The highest BCUT2D eigenvalue weighted by Gasteiger charge is 2.08. The van der Waals surface area contributed by atoms with Crippen molar-refractivity contribution in [3.63, 3.8) is 0 Å². The van der Waals surface area contributed by atoms with Gasteiger partial charge in [-0.25, -0.2) is 0 Å². The van der Waals surface area contributed by atoms with Crippen LogP contribution < -0.4 is 0 Å². The molecule has 0 bridgehead atoms. The molecule has 0 fully saturated rings. The zero-order chi connectivity index (χ0) is 11.1. The zero-order valence-corrected chi connectivity index (χ0v) is 9.40. The smallest absolute Gasteiger partial charge is 0.0491 e. The van der Waals surface area contributed by atoms with Crippen LogP contribution in [-0.2, 0) is 6.54 Å². The van der Waals surface area contributed by atoms with Crippen LogP contribution in [0.3, 0.4) is 0 Å². The maximum atomic E-state index is 4.00. The summed E-state index contributed by atoms with van der Waals surface area (Å²) in [6.45, 7) is 7.19. The van der Waals surface area contributed by atoms with Gasteiger partial charge in [0.2, 0.25) is 0 Å². The molecule has 79 valence electrons. The van der Waals surface area contributed by atoms with Gasteiger partial charge in [-0.3, -0.25) is 0 Å². The lowest BCUT2D eigenvalue weighted by Gasteiger charge is -2.02. The van der Waals surface area contributed by atoms with Crippen LogP contribution in [-0.4, -0.2) is 4.57 Å². The molecule has 2 aromatic carbocycles. The second-order valence-corrected chi connectivity index (χ2v) is 4.11. The predicted octanol–water partition coefficient (Wildman–Crippen LogP) is 4.00. The van der Waals surface area contributed by atoms with Gasteiger partial charge in [-0.2, -0.15) is 0 Å². The van der Waals surface area contributed by atoms with Crippen LogP contribution in [0.15, 0.2) is 42.5 Å². The maximum Gasteiger partial charge on any atom is 0.0491 e. The molecular formula is C15H14N. The van der Waals surface area contributed by atoms with Gasteiger partial charge in [-0.1, -0.05) is 24.3 Å². The van der Waals surface area contributed by atoms with Crippen molar-refractivity contribution in [2.45, 2.75) is 13.5 Å². The molecule has 0 N–H and O–H groups in total. The lowest BCUT2D eigenvalue weighted by atomic mass is 10.1. The molecule has 0 spiro atoms. The highest BCUT2D eigenvalue weighted by Crippen LogP contribution is 2.29. The molecule has 1 radical (unpaired) electrons. The molecule has 0 atom stereocenters. The van der Waals surface area contributed by atoms with Crippen molar-refractivity contribution in [1.82, 2.24) is 4.57 Å². The van der Waals surface area contributed by atoms with Gasteiger partial charge in [0.1, 0.15) is 0 Å². The van der Waals surface area contributed by atoms with E-state index in [0.717, 1.165) is 12.1 Å². The Morgan fingerprint density at radius 2 is 1.75 bits per heavy atom. The van der Waals surface area contributed by atoms with Crippen molar-refractivity contribution >= 4 is 21.8 Å². The number of hydrogen-bond acceptors (Lipinski definition) is 0. The van der Waals surface area contributed by atoms with E-state index in [1.165, 1.54) is 21.8 Å². The van der Waals surface area contributed by atoms with Crippen LogP contribution in [0.5, 0.6) is 0 Å². The van der Waals surface area contributed by atoms with E-state index in [-0.39, 0.29) is 0 Å². The van der Waals surface area contributed by atoms with Crippen molar-refractivity contribution in [3.05, 3.63) is 55.0 Å². The summed E-state index contributed by atoms with van der Waals surface area (Å²) in [5.41, 5.74) is 3.69. The van der Waals surface area contributed by atoms with E-state index in [4.69, 9.17) is 0 Å². The Hall–Kier alpha value is -1.76. The van der Waals surface area contributed by atoms with Gasteiger partial charge in [0, 0.05) is 28.4 Å². The summed E-state index contributed by atoms with van der Waals surface area (Å²) in [7, 11) is 0. The number of benzene rings is 2. The summed E-state index contributed by atoms with van der Waals surface area (Å²) < 4.78 is 2.35. The molecule has 3 aromatic rings. The average molecular weight is 208 g/mol. The van der Waals surface area contributed by atoms with Crippen LogP contribution in [0.2, 0.25) is 0 Å². The van der Waals surface area contributed by atoms with Crippen molar-refractivity contribution in [2.24, 2.45) is 0 Å². The van der Waals surface area contributed by atoms with Gasteiger partial charge in [0.05, 0.1) is 0 Å². The van der Waals surface area contributed by atoms with Crippen molar-refractivity contribution < 1.29 is 0 Å². The Balaban J connectivity index is 2.59. The van der Waals surface area contributed by atoms with E-state index in [1.807, 2.05) is 0 Å². The Bertz CT molecular complexity index is 662. The van der Waals surface area contributed by atoms with Gasteiger partial charge in [-0.15, -0.1) is 0 Å². The van der Waals surface area contributed by atoms with Gasteiger partial charge in [0.25, 0.3) is 0 Å². The third-order valence-electron chi connectivity index (χ3n) is 3.15. The van der Waals surface area contributed by atoms with E-state index in [1.54, 1.807) is 0 Å². The first-order valence-corrected chi connectivity index (χ1v) is 5.64. The molecule has 0 saturated carbocycles. The van der Waals surface area contributed by atoms with E-state index in [9.17, 15) is 0 Å². The predicted molar refractivity (Wildman–Crippen MR) is 69.6 cm³/mol. The van der Waals surface area contributed by atoms with Gasteiger partial charge in [-0.05, 0) is 37.6 Å². The van der Waals surface area contributed by atoms with Gasteiger partial charge >= 0.3 is 0 Å². The SMILES string of the molecule is [CH2]c1ccc2c(c1)c1ccccc1n2CC. The summed E-state index contributed by atoms with van der Waals surface area (Å²) in [6, 6.07) is 15.0. The monoisotopic (exact) mass is 208 g/mol. The minimum Gasteiger partial charge on any atom is -0.341 e. The standard InChI is InChI=1S/C15H14N/c1-3-16-14-7-5-4-6-12(14)13-10-11(2)8-9-15(13)16/h4-10H,2-3H2,1H3. The van der Waals surface area contributed by atoms with Crippen molar-refractivity contribution in [1.29, 1.82) is 0 Å². The largest absolute Gasteiger partial charge is 0.341 e. The lowest BCUT2D eigenvalue weighted by Crippen LogP contribution is -1.92. The van der Waals surface area contributed by atoms with Crippen LogP contribution >= 0.6 is 0 Å². The molecule has 3 rings (SSSR count). The molecule has 1 heteroatoms. The van der Waals surface area contributed by atoms with E-state index in [2.05, 4.69) is 60.9 Å². The Labute approximate surface area is 95.3 Å². The highest BCUT2D eigenvalue weighted by atomic mass is 15.0. The first-order valence-electron chi connectivity index (χ1n) is 5.64. The molecule has 1 aromatic heterocycles. The Morgan fingerprint density at radius 3 is 2.56 bits per heavy atom. The summed E-state index contributed by atoms with van der Waals surface area (Å²) in [5, 5.41) is 2.63. The number of aryl methyl sites for hydroxylation is 1. The fraction of sp³-hybridized carbons (Fsp3) is 0.133. The van der Waals surface area contributed by atoms with Gasteiger partial charge in [0.15, 0.2) is 0 Å². The van der Waals surface area contributed by atoms with Crippen LogP contribution in [0, 0.1) is 6.92 Å². The summed E-state index contributed by atoms with van der Waals surface area (Å²) in [5.74, 6) is 0. The average Bonchev–Trinajstić information content (AvgIpc) is 2.62. The zero-order valence-electron chi connectivity index (χ0n) is 9.40. The topological polar surface area (TPSA) is 4.93 Å². The van der Waals surface area contributed by atoms with Crippen LogP contribution in [0.4, 0.5) is 0 Å². The number of fused-ring (bicyclic) bond motifs is 3. The van der Waals surface area contributed by atoms with Crippen molar-refractivity contribution in [3.8, 4) is 0 Å². The summed E-state index contributed by atoms with van der Waals surface area (Å²) >= 11 is 0. The molecule has 0 unspecified atom stereocenters. The van der Waals surface area contributed by atoms with E-state index in [0.29, 0.717) is 0 Å². The van der Waals surface area contributed by atoms with Crippen molar-refractivity contribution in [2.75, 3.05) is 0 Å². The fourth-order valence-electron chi connectivity index (χ4n) is 2.44. The molecule has 1 nitrogen and oxygen atoms in total. The van der Waals surface area contributed by atoms with E-state index < -0.39 is 0 Å². The number of rotatable bonds is 1. The number of para-hydroxylation sites is 1. The van der Waals surface area contributed by atoms with Crippen LogP contribution in [0.1, 0.15) is 12.5 Å². The van der Waals surface area contributed by atoms with Crippen LogP contribution in [0.25, 0.3) is 21.8 Å². The maximum absolute atomic E-state index is 4.00. The Kier molecular flexibility index (Phi) is 2.00. The molecule has 0 aliphatic heterocycles. The molecular weight excluding hydrogens is 194 g/mol. The first kappa shape index (κ1) is 9.46. The van der Waals surface area contributed by atoms with E-state index >= 15 is 0 Å². The van der Waals surface area contributed by atoms with Gasteiger partial charge < -0.3 is 4.57 Å². The third kappa shape index (κ3) is 1.18. The second-order valence-electron chi connectivity index (χ2n) is 4.11. The summed E-state index contributed by atoms with van der Waals surface area (Å²) in [4.78, 5) is 0. The molecule has 0 saturated heterocycles. The first-order chi connectivity index (χ1) is 7.81. The number of aromatic nitrogens is 1. The Morgan fingerprint density at radius 1 is 1.00 bits per heavy atom. The fourth-order valence-corrected chi connectivity index (χ4v) is 2.44. The quantitative estimate of drug-likeness (QED) is 0.569. The number of nitrogens with zero attached hydrogens (tertiary/aromatic N) is 1. The molecule has 0 aliphatic carbocycles. The normalized spacial score (nSPS) is 11.4. The minimum absolute atomic E-state index is 1.00. The molecule has 0 aliphatic rings. The minimum atomic E-state index is 1.00. The second kappa shape index (κ2) is 3.38. The lowest BCUT2D eigenvalue weighted by molar-refractivity contribution is 0.827. The number of hydrogen-bond donors (Lipinski definition) is 0. The molecule has 16 heavy (non-hydrogen) atoms. The third-order valence-corrected chi connectivity index (χ3v) is 3.15. The highest BCUT2D eigenvalue weighted by molar-refractivity contribution is 6.08.